The lowest BCUT2D eigenvalue weighted by Gasteiger charge is -2.14. The second-order valence-corrected chi connectivity index (χ2v) is 5.90. The lowest BCUT2D eigenvalue weighted by atomic mass is 10.2. The summed E-state index contributed by atoms with van der Waals surface area (Å²) in [6, 6.07) is 14.4. The summed E-state index contributed by atoms with van der Waals surface area (Å²) in [5, 5.41) is 5.63. The molecule has 0 radical (unpaired) electrons. The molecule has 0 bridgehead atoms. The minimum absolute atomic E-state index is 0.0974. The van der Waals surface area contributed by atoms with Crippen LogP contribution in [-0.2, 0) is 0 Å². The minimum atomic E-state index is -0.186. The fourth-order valence-electron chi connectivity index (χ4n) is 2.84. The van der Waals surface area contributed by atoms with Gasteiger partial charge in [0.25, 0.3) is 5.91 Å². The number of rotatable bonds is 4. The van der Waals surface area contributed by atoms with Crippen molar-refractivity contribution >= 4 is 23.3 Å². The van der Waals surface area contributed by atoms with E-state index < -0.39 is 0 Å². The Morgan fingerprint density at radius 3 is 2.38 bits per heavy atom. The first kappa shape index (κ1) is 15.9. The van der Waals surface area contributed by atoms with E-state index in [1.807, 2.05) is 35.0 Å². The van der Waals surface area contributed by atoms with Gasteiger partial charge in [0.15, 0.2) is 0 Å². The smallest absolute Gasteiger partial charge is 0.321 e. The zero-order chi connectivity index (χ0) is 17.9. The van der Waals surface area contributed by atoms with Crippen molar-refractivity contribution in [3.8, 4) is 5.69 Å². The van der Waals surface area contributed by atoms with Crippen molar-refractivity contribution in [3.05, 3.63) is 72.8 Å². The SMILES string of the molecule is O=C(Nc1ccc(N2CCNC2=O)cc1)c1ccc(-n2ccnc2)cc1. The zero-order valence-electron chi connectivity index (χ0n) is 13.9. The first-order chi connectivity index (χ1) is 12.7. The lowest BCUT2D eigenvalue weighted by molar-refractivity contribution is 0.102. The van der Waals surface area contributed by atoms with Crippen LogP contribution < -0.4 is 15.5 Å². The number of amides is 3. The van der Waals surface area contributed by atoms with E-state index in [2.05, 4.69) is 15.6 Å². The van der Waals surface area contributed by atoms with Gasteiger partial charge in [-0.2, -0.15) is 0 Å². The number of benzene rings is 2. The van der Waals surface area contributed by atoms with E-state index in [-0.39, 0.29) is 11.9 Å². The Labute approximate surface area is 150 Å². The summed E-state index contributed by atoms with van der Waals surface area (Å²) in [6.45, 7) is 1.29. The normalized spacial score (nSPS) is 13.5. The number of aromatic nitrogens is 2. The molecule has 0 spiro atoms. The highest BCUT2D eigenvalue weighted by Crippen LogP contribution is 2.20. The zero-order valence-corrected chi connectivity index (χ0v) is 13.9. The molecule has 1 saturated heterocycles. The molecule has 7 nitrogen and oxygen atoms in total. The summed E-state index contributed by atoms with van der Waals surface area (Å²) in [5.41, 5.74) is 2.99. The molecule has 1 aromatic heterocycles. The fraction of sp³-hybridized carbons (Fsp3) is 0.105. The molecule has 1 aliphatic rings. The molecular formula is C19H17N5O2. The van der Waals surface area contributed by atoms with Crippen LogP contribution in [0.5, 0.6) is 0 Å². The molecular weight excluding hydrogens is 330 g/mol. The van der Waals surface area contributed by atoms with Crippen LogP contribution in [0.25, 0.3) is 5.69 Å². The first-order valence-electron chi connectivity index (χ1n) is 8.26. The largest absolute Gasteiger partial charge is 0.336 e. The molecule has 130 valence electrons. The standard InChI is InChI=1S/C19H17N5O2/c25-18(14-1-5-16(6-2-14)23-11-9-20-13-23)22-15-3-7-17(8-4-15)24-12-10-21-19(24)26/h1-9,11,13H,10,12H2,(H,21,26)(H,22,25). The number of imidazole rings is 1. The molecule has 2 aromatic carbocycles. The number of carbonyl (C=O) groups is 2. The van der Waals surface area contributed by atoms with Gasteiger partial charge in [0.2, 0.25) is 0 Å². The molecule has 2 N–H and O–H groups in total. The molecule has 3 aromatic rings. The highest BCUT2D eigenvalue weighted by Gasteiger charge is 2.20. The summed E-state index contributed by atoms with van der Waals surface area (Å²) < 4.78 is 1.87. The van der Waals surface area contributed by atoms with Crippen LogP contribution in [0.4, 0.5) is 16.2 Å². The Bertz CT molecular complexity index is 918. The predicted octanol–water partition coefficient (Wildman–Crippen LogP) is 2.65. The third-order valence-corrected chi connectivity index (χ3v) is 4.23. The van der Waals surface area contributed by atoms with Crippen LogP contribution in [0.1, 0.15) is 10.4 Å². The van der Waals surface area contributed by atoms with Crippen molar-refractivity contribution in [2.45, 2.75) is 0 Å². The van der Waals surface area contributed by atoms with Gasteiger partial charge < -0.3 is 15.2 Å². The van der Waals surface area contributed by atoms with Crippen molar-refractivity contribution in [1.29, 1.82) is 0 Å². The van der Waals surface area contributed by atoms with Crippen LogP contribution >= 0.6 is 0 Å². The van der Waals surface area contributed by atoms with E-state index in [4.69, 9.17) is 0 Å². The quantitative estimate of drug-likeness (QED) is 0.761. The molecule has 0 saturated carbocycles. The van der Waals surface area contributed by atoms with Gasteiger partial charge in [-0.15, -0.1) is 0 Å². The molecule has 0 aliphatic carbocycles. The number of nitrogens with zero attached hydrogens (tertiary/aromatic N) is 3. The molecule has 4 rings (SSSR count). The number of anilines is 2. The second-order valence-electron chi connectivity index (χ2n) is 5.90. The van der Waals surface area contributed by atoms with Crippen LogP contribution in [0.15, 0.2) is 67.3 Å². The van der Waals surface area contributed by atoms with Crippen molar-refractivity contribution in [2.24, 2.45) is 0 Å². The average Bonchev–Trinajstić information content (AvgIpc) is 3.34. The maximum Gasteiger partial charge on any atom is 0.321 e. The van der Waals surface area contributed by atoms with Gasteiger partial charge in [-0.3, -0.25) is 9.69 Å². The van der Waals surface area contributed by atoms with Crippen molar-refractivity contribution < 1.29 is 9.59 Å². The number of urea groups is 1. The maximum absolute atomic E-state index is 12.4. The molecule has 2 heterocycles. The van der Waals surface area contributed by atoms with E-state index in [0.717, 1.165) is 11.4 Å². The molecule has 1 fully saturated rings. The third kappa shape index (κ3) is 3.14. The number of nitrogens with one attached hydrogen (secondary N) is 2. The highest BCUT2D eigenvalue weighted by molar-refractivity contribution is 6.04. The van der Waals surface area contributed by atoms with Gasteiger partial charge in [-0.25, -0.2) is 9.78 Å². The summed E-state index contributed by atoms with van der Waals surface area (Å²) in [5.74, 6) is -0.186. The lowest BCUT2D eigenvalue weighted by Crippen LogP contribution is -2.27. The number of carbonyl (C=O) groups excluding carboxylic acids is 2. The average molecular weight is 347 g/mol. The minimum Gasteiger partial charge on any atom is -0.336 e. The monoisotopic (exact) mass is 347 g/mol. The number of hydrogen-bond acceptors (Lipinski definition) is 3. The fourth-order valence-corrected chi connectivity index (χ4v) is 2.84. The van der Waals surface area contributed by atoms with Gasteiger partial charge in [0, 0.05) is 48.1 Å². The molecule has 7 heteroatoms. The van der Waals surface area contributed by atoms with E-state index >= 15 is 0 Å². The Hall–Kier alpha value is -3.61. The van der Waals surface area contributed by atoms with Crippen molar-refractivity contribution in [2.75, 3.05) is 23.3 Å². The van der Waals surface area contributed by atoms with Crippen LogP contribution in [-0.4, -0.2) is 34.6 Å². The Morgan fingerprint density at radius 2 is 1.77 bits per heavy atom. The molecule has 3 amide bonds. The van der Waals surface area contributed by atoms with Gasteiger partial charge in [-0.1, -0.05) is 0 Å². The summed E-state index contributed by atoms with van der Waals surface area (Å²) in [4.78, 5) is 29.7. The summed E-state index contributed by atoms with van der Waals surface area (Å²) in [6.07, 6.45) is 5.25. The maximum atomic E-state index is 12.4. The van der Waals surface area contributed by atoms with Crippen LogP contribution in [0, 0.1) is 0 Å². The van der Waals surface area contributed by atoms with Crippen molar-refractivity contribution in [1.82, 2.24) is 14.9 Å². The highest BCUT2D eigenvalue weighted by atomic mass is 16.2. The summed E-state index contributed by atoms with van der Waals surface area (Å²) in [7, 11) is 0. The molecule has 1 aliphatic heterocycles. The van der Waals surface area contributed by atoms with Gasteiger partial charge in [0.1, 0.15) is 0 Å². The van der Waals surface area contributed by atoms with E-state index in [9.17, 15) is 9.59 Å². The van der Waals surface area contributed by atoms with Gasteiger partial charge in [-0.05, 0) is 48.5 Å². The van der Waals surface area contributed by atoms with E-state index in [1.165, 1.54) is 0 Å². The second kappa shape index (κ2) is 6.72. The van der Waals surface area contributed by atoms with Gasteiger partial charge in [0.05, 0.1) is 6.33 Å². The topological polar surface area (TPSA) is 79.3 Å². The van der Waals surface area contributed by atoms with Crippen LogP contribution in [0.2, 0.25) is 0 Å². The third-order valence-electron chi connectivity index (χ3n) is 4.23. The van der Waals surface area contributed by atoms with E-state index in [1.54, 1.807) is 41.7 Å². The first-order valence-corrected chi connectivity index (χ1v) is 8.26. The molecule has 0 atom stereocenters. The number of hydrogen-bond donors (Lipinski definition) is 2. The van der Waals surface area contributed by atoms with E-state index in [0.29, 0.717) is 24.3 Å². The molecule has 0 unspecified atom stereocenters. The molecule has 26 heavy (non-hydrogen) atoms. The van der Waals surface area contributed by atoms with Crippen molar-refractivity contribution in [3.63, 3.8) is 0 Å². The van der Waals surface area contributed by atoms with Gasteiger partial charge >= 0.3 is 6.03 Å². The van der Waals surface area contributed by atoms with Crippen LogP contribution in [0.3, 0.4) is 0 Å². The Kier molecular flexibility index (Phi) is 4.10. The summed E-state index contributed by atoms with van der Waals surface area (Å²) >= 11 is 0. The Balaban J connectivity index is 1.43. The predicted molar refractivity (Wildman–Crippen MR) is 98.7 cm³/mol. The Morgan fingerprint density at radius 1 is 1.04 bits per heavy atom.